The maximum Gasteiger partial charge on any atom is 0.250 e. The van der Waals surface area contributed by atoms with E-state index in [1.54, 1.807) is 6.92 Å². The Morgan fingerprint density at radius 3 is 2.69 bits per heavy atom. The molecule has 1 N–H and O–H groups in total. The molecule has 2 rings (SSSR count). The van der Waals surface area contributed by atoms with Crippen LogP contribution in [0.25, 0.3) is 11.1 Å². The molecule has 0 saturated carbocycles. The van der Waals surface area contributed by atoms with Crippen molar-refractivity contribution in [2.75, 3.05) is 0 Å². The van der Waals surface area contributed by atoms with E-state index >= 15 is 0 Å². The molecule has 0 spiro atoms. The number of hydrogen-bond acceptors (Lipinski definition) is 1. The summed E-state index contributed by atoms with van der Waals surface area (Å²) >= 11 is 0. The van der Waals surface area contributed by atoms with Crippen molar-refractivity contribution < 1.29 is 8.78 Å². The molecule has 1 aromatic carbocycles. The van der Waals surface area contributed by atoms with Gasteiger partial charge in [-0.3, -0.25) is 4.79 Å². The van der Waals surface area contributed by atoms with E-state index in [9.17, 15) is 13.6 Å². The molecule has 0 saturated heterocycles. The van der Waals surface area contributed by atoms with E-state index in [1.807, 2.05) is 0 Å². The maximum absolute atomic E-state index is 13.5. The van der Waals surface area contributed by atoms with Crippen LogP contribution >= 0.6 is 0 Å². The maximum atomic E-state index is 13.5. The highest BCUT2D eigenvalue weighted by Gasteiger charge is 2.10. The predicted octanol–water partition coefficient (Wildman–Crippen LogP) is 2.63. The summed E-state index contributed by atoms with van der Waals surface area (Å²) in [4.78, 5) is 13.6. The van der Waals surface area contributed by atoms with Gasteiger partial charge in [0.2, 0.25) is 0 Å². The third-order valence-corrected chi connectivity index (χ3v) is 2.35. The molecule has 16 heavy (non-hydrogen) atoms. The molecule has 0 bridgehead atoms. The number of rotatable bonds is 1. The van der Waals surface area contributed by atoms with Gasteiger partial charge in [-0.25, -0.2) is 8.78 Å². The Balaban J connectivity index is 2.63. The summed E-state index contributed by atoms with van der Waals surface area (Å²) in [5.74, 6) is -1.81. The van der Waals surface area contributed by atoms with Crippen molar-refractivity contribution in [2.24, 2.45) is 0 Å². The number of benzene rings is 1. The fraction of sp³-hybridized carbons (Fsp3) is 0.0833. The number of nitrogens with one attached hydrogen (secondary N) is 1. The summed E-state index contributed by atoms with van der Waals surface area (Å²) in [5.41, 5.74) is 0.815. The third-order valence-electron chi connectivity index (χ3n) is 2.35. The van der Waals surface area contributed by atoms with E-state index in [2.05, 4.69) is 4.98 Å². The first-order valence-electron chi connectivity index (χ1n) is 4.73. The van der Waals surface area contributed by atoms with Crippen LogP contribution in [-0.4, -0.2) is 4.98 Å². The van der Waals surface area contributed by atoms with Crippen LogP contribution in [0.1, 0.15) is 5.56 Å². The SMILES string of the molecule is Cc1cc(-c2cccc(F)c2F)c[nH]c1=O. The van der Waals surface area contributed by atoms with Crippen LogP contribution in [0.15, 0.2) is 35.3 Å². The molecule has 82 valence electrons. The second-order valence-electron chi connectivity index (χ2n) is 3.50. The number of hydrogen-bond donors (Lipinski definition) is 1. The van der Waals surface area contributed by atoms with E-state index in [0.717, 1.165) is 6.07 Å². The Morgan fingerprint density at radius 1 is 1.25 bits per heavy atom. The molecule has 0 aliphatic heterocycles. The van der Waals surface area contributed by atoms with E-state index in [1.165, 1.54) is 24.4 Å². The fourth-order valence-electron chi connectivity index (χ4n) is 1.48. The normalized spacial score (nSPS) is 10.4. The van der Waals surface area contributed by atoms with Gasteiger partial charge in [0, 0.05) is 22.9 Å². The summed E-state index contributed by atoms with van der Waals surface area (Å²) in [6.07, 6.45) is 1.37. The number of aryl methyl sites for hydroxylation is 1. The van der Waals surface area contributed by atoms with Gasteiger partial charge in [-0.1, -0.05) is 12.1 Å². The van der Waals surface area contributed by atoms with Crippen LogP contribution in [-0.2, 0) is 0 Å². The Labute approximate surface area is 90.6 Å². The lowest BCUT2D eigenvalue weighted by molar-refractivity contribution is 0.511. The smallest absolute Gasteiger partial charge is 0.250 e. The zero-order valence-corrected chi connectivity index (χ0v) is 8.55. The van der Waals surface area contributed by atoms with Gasteiger partial charge in [-0.2, -0.15) is 0 Å². The van der Waals surface area contributed by atoms with E-state index in [-0.39, 0.29) is 11.1 Å². The molecular weight excluding hydrogens is 212 g/mol. The van der Waals surface area contributed by atoms with Crippen molar-refractivity contribution in [1.82, 2.24) is 4.98 Å². The molecule has 4 heteroatoms. The number of aromatic nitrogens is 1. The predicted molar refractivity (Wildman–Crippen MR) is 57.2 cm³/mol. The molecule has 0 atom stereocenters. The summed E-state index contributed by atoms with van der Waals surface area (Å²) in [6, 6.07) is 5.47. The molecule has 2 aromatic rings. The van der Waals surface area contributed by atoms with Crippen molar-refractivity contribution in [2.45, 2.75) is 6.92 Å². The minimum atomic E-state index is -0.908. The van der Waals surface area contributed by atoms with Gasteiger partial charge in [-0.15, -0.1) is 0 Å². The monoisotopic (exact) mass is 221 g/mol. The number of pyridine rings is 1. The van der Waals surface area contributed by atoms with Gasteiger partial charge < -0.3 is 4.98 Å². The summed E-state index contributed by atoms with van der Waals surface area (Å²) in [5, 5.41) is 0. The average Bonchev–Trinajstić information content (AvgIpc) is 2.26. The minimum absolute atomic E-state index is 0.138. The largest absolute Gasteiger partial charge is 0.328 e. The zero-order chi connectivity index (χ0) is 11.7. The van der Waals surface area contributed by atoms with Gasteiger partial charge in [0.15, 0.2) is 11.6 Å². The third kappa shape index (κ3) is 1.74. The zero-order valence-electron chi connectivity index (χ0n) is 8.55. The average molecular weight is 221 g/mol. The lowest BCUT2D eigenvalue weighted by Crippen LogP contribution is -2.08. The van der Waals surface area contributed by atoms with Gasteiger partial charge in [0.05, 0.1) is 0 Å². The summed E-state index contributed by atoms with van der Waals surface area (Å²) in [6.45, 7) is 1.61. The highest BCUT2D eigenvalue weighted by molar-refractivity contribution is 5.63. The first kappa shape index (κ1) is 10.5. The van der Waals surface area contributed by atoms with E-state index in [0.29, 0.717) is 11.1 Å². The van der Waals surface area contributed by atoms with Gasteiger partial charge in [0.1, 0.15) is 0 Å². The Bertz CT molecular complexity index is 590. The first-order valence-corrected chi connectivity index (χ1v) is 4.73. The summed E-state index contributed by atoms with van der Waals surface area (Å²) in [7, 11) is 0. The first-order chi connectivity index (χ1) is 7.59. The lowest BCUT2D eigenvalue weighted by atomic mass is 10.1. The molecule has 0 unspecified atom stereocenters. The quantitative estimate of drug-likeness (QED) is 0.788. The van der Waals surface area contributed by atoms with E-state index < -0.39 is 11.6 Å². The van der Waals surface area contributed by atoms with Gasteiger partial charge in [0.25, 0.3) is 5.56 Å². The molecule has 0 fully saturated rings. The van der Waals surface area contributed by atoms with Crippen LogP contribution in [0.2, 0.25) is 0 Å². The molecule has 2 nitrogen and oxygen atoms in total. The second-order valence-corrected chi connectivity index (χ2v) is 3.50. The van der Waals surface area contributed by atoms with Crippen LogP contribution in [0, 0.1) is 18.6 Å². The Morgan fingerprint density at radius 2 is 2.00 bits per heavy atom. The van der Waals surface area contributed by atoms with Gasteiger partial charge >= 0.3 is 0 Å². The van der Waals surface area contributed by atoms with Crippen molar-refractivity contribution in [3.05, 3.63) is 58.0 Å². The Hall–Kier alpha value is -1.97. The van der Waals surface area contributed by atoms with E-state index in [4.69, 9.17) is 0 Å². The summed E-state index contributed by atoms with van der Waals surface area (Å²) < 4.78 is 26.5. The van der Waals surface area contributed by atoms with Crippen molar-refractivity contribution in [3.63, 3.8) is 0 Å². The molecule has 1 aromatic heterocycles. The van der Waals surface area contributed by atoms with Gasteiger partial charge in [-0.05, 0) is 19.1 Å². The highest BCUT2D eigenvalue weighted by atomic mass is 19.2. The molecule has 1 heterocycles. The Kier molecular flexibility index (Phi) is 2.56. The fourth-order valence-corrected chi connectivity index (χ4v) is 1.48. The van der Waals surface area contributed by atoms with Crippen LogP contribution < -0.4 is 5.56 Å². The molecule has 0 amide bonds. The van der Waals surface area contributed by atoms with Crippen molar-refractivity contribution in [1.29, 1.82) is 0 Å². The lowest BCUT2D eigenvalue weighted by Gasteiger charge is -2.04. The molecule has 0 aliphatic carbocycles. The number of H-pyrrole nitrogens is 1. The number of aromatic amines is 1. The van der Waals surface area contributed by atoms with Crippen LogP contribution in [0.5, 0.6) is 0 Å². The molecule has 0 aliphatic rings. The van der Waals surface area contributed by atoms with Crippen molar-refractivity contribution in [3.8, 4) is 11.1 Å². The minimum Gasteiger partial charge on any atom is -0.328 e. The topological polar surface area (TPSA) is 32.9 Å². The van der Waals surface area contributed by atoms with Crippen LogP contribution in [0.4, 0.5) is 8.78 Å². The molecule has 0 radical (unpaired) electrons. The van der Waals surface area contributed by atoms with Crippen LogP contribution in [0.3, 0.4) is 0 Å². The number of halogens is 2. The standard InChI is InChI=1S/C12H9F2NO/c1-7-5-8(6-15-12(7)16)9-3-2-4-10(13)11(9)14/h2-6H,1H3,(H,15,16). The van der Waals surface area contributed by atoms with Crippen molar-refractivity contribution >= 4 is 0 Å². The highest BCUT2D eigenvalue weighted by Crippen LogP contribution is 2.23. The second kappa shape index (κ2) is 3.89. The molecular formula is C12H9F2NO.